The molecule has 11 heteroatoms. The normalized spacial score (nSPS) is 11.3. The monoisotopic (exact) mass is 481 g/mol. The van der Waals surface area contributed by atoms with Crippen LogP contribution in [-0.4, -0.2) is 31.3 Å². The standard InChI is InChI=1S/C20H21Cl2N5O3S/c1-5-27(11-6-14(28-2)17(30-4)15(7-11)29-3)10-16(23)24-18-13-8-12(9-21)31-19(13)26-20(22)25-18/h5-8,10H,1,9,23H2,2-4H3,(H,24,25,26)/b16-10+. The first-order valence-electron chi connectivity index (χ1n) is 8.91. The lowest BCUT2D eigenvalue weighted by Crippen LogP contribution is -2.17. The third-order valence-electron chi connectivity index (χ3n) is 4.23. The smallest absolute Gasteiger partial charge is 0.225 e. The number of ether oxygens (including phenoxy) is 3. The van der Waals surface area contributed by atoms with Crippen LogP contribution >= 0.6 is 34.5 Å². The van der Waals surface area contributed by atoms with Gasteiger partial charge in [0.1, 0.15) is 16.5 Å². The fourth-order valence-corrected chi connectivity index (χ4v) is 4.21. The summed E-state index contributed by atoms with van der Waals surface area (Å²) in [6, 6.07) is 5.46. The molecule has 0 fully saturated rings. The minimum Gasteiger partial charge on any atom is -0.493 e. The van der Waals surface area contributed by atoms with Gasteiger partial charge in [-0.2, -0.15) is 4.98 Å². The summed E-state index contributed by atoms with van der Waals surface area (Å²) in [5, 5.41) is 3.95. The van der Waals surface area contributed by atoms with Crippen LogP contribution in [0.5, 0.6) is 17.2 Å². The fraction of sp³-hybridized carbons (Fsp3) is 0.200. The molecule has 3 aromatic rings. The molecule has 0 atom stereocenters. The van der Waals surface area contributed by atoms with Gasteiger partial charge in [0.05, 0.1) is 38.3 Å². The Labute approximate surface area is 193 Å². The third-order valence-corrected chi connectivity index (χ3v) is 5.88. The van der Waals surface area contributed by atoms with Crippen molar-refractivity contribution in [1.29, 1.82) is 0 Å². The second-order valence-electron chi connectivity index (χ2n) is 6.09. The van der Waals surface area contributed by atoms with Gasteiger partial charge in [0.25, 0.3) is 0 Å². The van der Waals surface area contributed by atoms with E-state index in [-0.39, 0.29) is 5.28 Å². The van der Waals surface area contributed by atoms with Gasteiger partial charge < -0.3 is 30.2 Å². The minimum absolute atomic E-state index is 0.107. The predicted molar refractivity (Wildman–Crippen MR) is 127 cm³/mol. The number of alkyl halides is 1. The molecule has 0 saturated carbocycles. The zero-order chi connectivity index (χ0) is 22.5. The second-order valence-corrected chi connectivity index (χ2v) is 7.81. The summed E-state index contributed by atoms with van der Waals surface area (Å²) in [6.45, 7) is 3.85. The van der Waals surface area contributed by atoms with Crippen molar-refractivity contribution in [1.82, 2.24) is 9.97 Å². The van der Waals surface area contributed by atoms with Gasteiger partial charge in [-0.1, -0.05) is 6.58 Å². The molecule has 2 heterocycles. The lowest BCUT2D eigenvalue weighted by molar-refractivity contribution is 0.324. The number of hydrogen-bond donors (Lipinski definition) is 2. The summed E-state index contributed by atoms with van der Waals surface area (Å²) < 4.78 is 16.2. The van der Waals surface area contributed by atoms with Crippen molar-refractivity contribution >= 4 is 56.3 Å². The van der Waals surface area contributed by atoms with E-state index >= 15 is 0 Å². The molecular formula is C20H21Cl2N5O3S. The van der Waals surface area contributed by atoms with Crippen molar-refractivity contribution in [3.8, 4) is 17.2 Å². The number of nitrogens with two attached hydrogens (primary N) is 1. The van der Waals surface area contributed by atoms with Gasteiger partial charge in [-0.3, -0.25) is 0 Å². The van der Waals surface area contributed by atoms with Gasteiger partial charge in [0.2, 0.25) is 11.0 Å². The number of halogens is 2. The highest BCUT2D eigenvalue weighted by Gasteiger charge is 2.16. The maximum atomic E-state index is 6.24. The van der Waals surface area contributed by atoms with Crippen molar-refractivity contribution in [3.05, 3.63) is 53.2 Å². The highest BCUT2D eigenvalue weighted by atomic mass is 35.5. The molecular weight excluding hydrogens is 461 g/mol. The zero-order valence-corrected chi connectivity index (χ0v) is 19.4. The van der Waals surface area contributed by atoms with E-state index in [9.17, 15) is 0 Å². The van der Waals surface area contributed by atoms with Crippen LogP contribution in [0.15, 0.2) is 43.0 Å². The molecule has 0 saturated heterocycles. The van der Waals surface area contributed by atoms with Crippen LogP contribution in [0.2, 0.25) is 5.28 Å². The molecule has 0 aliphatic heterocycles. The van der Waals surface area contributed by atoms with Crippen LogP contribution in [0, 0.1) is 0 Å². The van der Waals surface area contributed by atoms with Gasteiger partial charge in [0.15, 0.2) is 11.5 Å². The van der Waals surface area contributed by atoms with E-state index in [1.54, 1.807) is 50.8 Å². The van der Waals surface area contributed by atoms with E-state index in [1.165, 1.54) is 11.3 Å². The zero-order valence-electron chi connectivity index (χ0n) is 17.1. The Balaban J connectivity index is 1.96. The summed E-state index contributed by atoms with van der Waals surface area (Å²) in [6.07, 6.45) is 3.23. The molecule has 1 aromatic carbocycles. The second kappa shape index (κ2) is 9.95. The summed E-state index contributed by atoms with van der Waals surface area (Å²) in [5.74, 6) is 2.63. The molecule has 0 aliphatic carbocycles. The first kappa shape index (κ1) is 22.8. The maximum Gasteiger partial charge on any atom is 0.225 e. The fourth-order valence-electron chi connectivity index (χ4n) is 2.87. The van der Waals surface area contributed by atoms with Crippen molar-refractivity contribution in [2.45, 2.75) is 5.88 Å². The Morgan fingerprint density at radius 2 is 1.87 bits per heavy atom. The van der Waals surface area contributed by atoms with Crippen molar-refractivity contribution in [2.24, 2.45) is 5.73 Å². The van der Waals surface area contributed by atoms with Crippen molar-refractivity contribution < 1.29 is 14.2 Å². The number of methoxy groups -OCH3 is 3. The Morgan fingerprint density at radius 1 is 1.19 bits per heavy atom. The molecule has 0 bridgehead atoms. The molecule has 0 unspecified atom stereocenters. The summed E-state index contributed by atoms with van der Waals surface area (Å²) in [7, 11) is 4.64. The van der Waals surface area contributed by atoms with E-state index in [0.717, 1.165) is 15.1 Å². The highest BCUT2D eigenvalue weighted by molar-refractivity contribution is 7.18. The molecule has 0 amide bonds. The summed E-state index contributed by atoms with van der Waals surface area (Å²) in [5.41, 5.74) is 6.94. The molecule has 3 rings (SSSR count). The Hall–Kier alpha value is -2.88. The molecule has 0 spiro atoms. The van der Waals surface area contributed by atoms with Gasteiger partial charge in [-0.25, -0.2) is 4.98 Å². The number of anilines is 2. The average molecular weight is 482 g/mol. The number of thiophene rings is 1. The van der Waals surface area contributed by atoms with Crippen LogP contribution in [0.3, 0.4) is 0 Å². The van der Waals surface area contributed by atoms with E-state index in [2.05, 4.69) is 21.9 Å². The van der Waals surface area contributed by atoms with E-state index in [0.29, 0.717) is 40.5 Å². The topological polar surface area (TPSA) is 94.8 Å². The number of nitrogens with one attached hydrogen (secondary N) is 1. The van der Waals surface area contributed by atoms with Crippen LogP contribution in [0.1, 0.15) is 4.88 Å². The first-order chi connectivity index (χ1) is 14.9. The number of benzene rings is 1. The Bertz CT molecular complexity index is 1110. The van der Waals surface area contributed by atoms with Gasteiger partial charge in [0, 0.05) is 29.4 Å². The van der Waals surface area contributed by atoms with E-state index < -0.39 is 0 Å². The van der Waals surface area contributed by atoms with Crippen LogP contribution in [0.25, 0.3) is 10.2 Å². The van der Waals surface area contributed by atoms with Crippen molar-refractivity contribution in [2.75, 3.05) is 31.5 Å². The van der Waals surface area contributed by atoms with Crippen LogP contribution < -0.4 is 30.2 Å². The molecule has 8 nitrogen and oxygen atoms in total. The van der Waals surface area contributed by atoms with Gasteiger partial charge in [-0.15, -0.1) is 22.9 Å². The number of nitrogens with zero attached hydrogens (tertiary/aromatic N) is 3. The van der Waals surface area contributed by atoms with Crippen LogP contribution in [-0.2, 0) is 5.88 Å². The third kappa shape index (κ3) is 4.90. The number of fused-ring (bicyclic) bond motifs is 1. The molecule has 0 radical (unpaired) electrons. The largest absolute Gasteiger partial charge is 0.493 e. The van der Waals surface area contributed by atoms with E-state index in [4.69, 9.17) is 43.1 Å². The van der Waals surface area contributed by atoms with Gasteiger partial charge >= 0.3 is 0 Å². The van der Waals surface area contributed by atoms with Crippen molar-refractivity contribution in [3.63, 3.8) is 0 Å². The molecule has 164 valence electrons. The van der Waals surface area contributed by atoms with Gasteiger partial charge in [-0.05, 0) is 17.7 Å². The molecule has 31 heavy (non-hydrogen) atoms. The first-order valence-corrected chi connectivity index (χ1v) is 10.6. The number of rotatable bonds is 9. The summed E-state index contributed by atoms with van der Waals surface area (Å²) >= 11 is 13.5. The maximum absolute atomic E-state index is 6.24. The minimum atomic E-state index is 0.107. The quantitative estimate of drug-likeness (QED) is 0.328. The molecule has 0 aliphatic rings. The van der Waals surface area contributed by atoms with Crippen LogP contribution in [0.4, 0.5) is 11.5 Å². The molecule has 3 N–H and O–H groups in total. The number of aromatic nitrogens is 2. The Kier molecular flexibility index (Phi) is 7.32. The lowest BCUT2D eigenvalue weighted by atomic mass is 10.2. The SMILES string of the molecule is C=CN(/C=C(\N)Nc1nc(Cl)nc2sc(CCl)cc12)c1cc(OC)c(OC)c(OC)c1. The van der Waals surface area contributed by atoms with E-state index in [1.807, 2.05) is 6.07 Å². The summed E-state index contributed by atoms with van der Waals surface area (Å²) in [4.78, 5) is 11.9. The average Bonchev–Trinajstić information content (AvgIpc) is 3.19. The number of hydrogen-bond acceptors (Lipinski definition) is 9. The molecule has 2 aromatic heterocycles. The lowest BCUT2D eigenvalue weighted by Gasteiger charge is -2.20. The predicted octanol–water partition coefficient (Wildman–Crippen LogP) is 4.93. The highest BCUT2D eigenvalue weighted by Crippen LogP contribution is 2.41. The Morgan fingerprint density at radius 3 is 2.42 bits per heavy atom.